The van der Waals surface area contributed by atoms with Crippen molar-refractivity contribution in [3.05, 3.63) is 65.9 Å². The number of para-hydroxylation sites is 1. The zero-order valence-electron chi connectivity index (χ0n) is 16.6. The number of H-pyrrole nitrogens is 1. The second-order valence-corrected chi connectivity index (χ2v) is 7.56. The molecule has 0 bridgehead atoms. The number of nitrogens with one attached hydrogen (secondary N) is 1. The molecule has 1 saturated heterocycles. The van der Waals surface area contributed by atoms with Crippen molar-refractivity contribution in [2.75, 3.05) is 32.8 Å². The maximum absolute atomic E-state index is 5.65. The standard InChI is InChI=1S/C24H25N3O2/c1-17-22(23(26-29-17)18-7-3-2-4-8-18)24-20(11-12-27-13-15-28-16-14-27)19-9-5-6-10-21(19)25-24/h2-10,25H,11-16H2,1H3. The first-order chi connectivity index (χ1) is 14.3. The molecule has 0 saturated carbocycles. The number of aryl methyl sites for hydroxylation is 1. The maximum atomic E-state index is 5.65. The van der Waals surface area contributed by atoms with Gasteiger partial charge in [-0.1, -0.05) is 53.7 Å². The summed E-state index contributed by atoms with van der Waals surface area (Å²) < 4.78 is 11.2. The summed E-state index contributed by atoms with van der Waals surface area (Å²) in [5, 5.41) is 5.68. The minimum atomic E-state index is 0.823. The van der Waals surface area contributed by atoms with E-state index in [-0.39, 0.29) is 0 Å². The van der Waals surface area contributed by atoms with Crippen LogP contribution in [0.15, 0.2) is 59.1 Å². The summed E-state index contributed by atoms with van der Waals surface area (Å²) in [5.41, 5.74) is 6.62. The molecule has 2 aromatic heterocycles. The lowest BCUT2D eigenvalue weighted by Gasteiger charge is -2.26. The largest absolute Gasteiger partial charge is 0.379 e. The summed E-state index contributed by atoms with van der Waals surface area (Å²) in [7, 11) is 0. The van der Waals surface area contributed by atoms with E-state index in [4.69, 9.17) is 9.26 Å². The van der Waals surface area contributed by atoms with Crippen LogP contribution in [0.25, 0.3) is 33.4 Å². The molecule has 5 rings (SSSR count). The third-order valence-corrected chi connectivity index (χ3v) is 5.76. The lowest BCUT2D eigenvalue weighted by Crippen LogP contribution is -2.37. The summed E-state index contributed by atoms with van der Waals surface area (Å²) in [4.78, 5) is 6.14. The van der Waals surface area contributed by atoms with E-state index in [1.807, 2.05) is 25.1 Å². The van der Waals surface area contributed by atoms with Crippen molar-refractivity contribution in [3.63, 3.8) is 0 Å². The molecule has 0 atom stereocenters. The van der Waals surface area contributed by atoms with Gasteiger partial charge in [0.15, 0.2) is 0 Å². The number of aromatic amines is 1. The first-order valence-electron chi connectivity index (χ1n) is 10.2. The molecule has 3 heterocycles. The van der Waals surface area contributed by atoms with Gasteiger partial charge in [0.2, 0.25) is 0 Å². The molecule has 0 spiro atoms. The highest BCUT2D eigenvalue weighted by molar-refractivity contribution is 5.94. The van der Waals surface area contributed by atoms with Crippen LogP contribution in [0.4, 0.5) is 0 Å². The number of rotatable bonds is 5. The Kier molecular flexibility index (Phi) is 4.92. The van der Waals surface area contributed by atoms with E-state index in [1.165, 1.54) is 10.9 Å². The van der Waals surface area contributed by atoms with Crippen LogP contribution < -0.4 is 0 Å². The fraction of sp³-hybridized carbons (Fsp3) is 0.292. The predicted octanol–water partition coefficient (Wildman–Crippen LogP) is 4.67. The Morgan fingerprint density at radius 2 is 1.76 bits per heavy atom. The van der Waals surface area contributed by atoms with Gasteiger partial charge in [-0.15, -0.1) is 0 Å². The Morgan fingerprint density at radius 1 is 1.00 bits per heavy atom. The monoisotopic (exact) mass is 387 g/mol. The molecule has 0 amide bonds. The highest BCUT2D eigenvalue weighted by Gasteiger charge is 2.23. The normalized spacial score (nSPS) is 15.2. The van der Waals surface area contributed by atoms with Gasteiger partial charge in [-0.05, 0) is 25.0 Å². The van der Waals surface area contributed by atoms with E-state index in [9.17, 15) is 0 Å². The van der Waals surface area contributed by atoms with Gasteiger partial charge in [0, 0.05) is 36.1 Å². The summed E-state index contributed by atoms with van der Waals surface area (Å²) >= 11 is 0. The predicted molar refractivity (Wildman–Crippen MR) is 115 cm³/mol. The Hall–Kier alpha value is -2.89. The number of morpholine rings is 1. The van der Waals surface area contributed by atoms with Gasteiger partial charge in [0.1, 0.15) is 11.5 Å². The second kappa shape index (κ2) is 7.85. The Labute approximate surface area is 170 Å². The van der Waals surface area contributed by atoms with Crippen LogP contribution in [0.5, 0.6) is 0 Å². The fourth-order valence-electron chi connectivity index (χ4n) is 4.23. The molecule has 29 heavy (non-hydrogen) atoms. The molecule has 5 heteroatoms. The molecule has 5 nitrogen and oxygen atoms in total. The topological polar surface area (TPSA) is 54.3 Å². The first-order valence-corrected chi connectivity index (χ1v) is 10.2. The van der Waals surface area contributed by atoms with Crippen LogP contribution >= 0.6 is 0 Å². The number of ether oxygens (including phenoxy) is 1. The zero-order valence-corrected chi connectivity index (χ0v) is 16.6. The average Bonchev–Trinajstić information content (AvgIpc) is 3.33. The number of aromatic nitrogens is 2. The van der Waals surface area contributed by atoms with Gasteiger partial charge in [0.05, 0.1) is 24.5 Å². The van der Waals surface area contributed by atoms with Gasteiger partial charge in [-0.2, -0.15) is 0 Å². The van der Waals surface area contributed by atoms with Crippen molar-refractivity contribution in [3.8, 4) is 22.5 Å². The molecule has 0 aliphatic carbocycles. The Morgan fingerprint density at radius 3 is 2.59 bits per heavy atom. The number of hydrogen-bond acceptors (Lipinski definition) is 4. The van der Waals surface area contributed by atoms with Crippen molar-refractivity contribution in [1.29, 1.82) is 0 Å². The van der Waals surface area contributed by atoms with Gasteiger partial charge >= 0.3 is 0 Å². The summed E-state index contributed by atoms with van der Waals surface area (Å²) in [6.45, 7) is 6.65. The number of fused-ring (bicyclic) bond motifs is 1. The molecule has 1 fully saturated rings. The molecular formula is C24H25N3O2. The molecule has 1 aliphatic rings. The molecule has 4 aromatic rings. The zero-order chi connectivity index (χ0) is 19.6. The van der Waals surface area contributed by atoms with Crippen LogP contribution in [0.3, 0.4) is 0 Å². The summed E-state index contributed by atoms with van der Waals surface area (Å²) in [6.07, 6.45) is 0.970. The minimum absolute atomic E-state index is 0.823. The third kappa shape index (κ3) is 3.48. The van der Waals surface area contributed by atoms with Crippen molar-refractivity contribution in [2.24, 2.45) is 0 Å². The molecular weight excluding hydrogens is 362 g/mol. The van der Waals surface area contributed by atoms with Gasteiger partial charge in [0.25, 0.3) is 0 Å². The lowest BCUT2D eigenvalue weighted by molar-refractivity contribution is 0.0385. The highest BCUT2D eigenvalue weighted by atomic mass is 16.5. The van der Waals surface area contributed by atoms with Crippen LogP contribution in [0.2, 0.25) is 0 Å². The van der Waals surface area contributed by atoms with Crippen molar-refractivity contribution in [1.82, 2.24) is 15.0 Å². The SMILES string of the molecule is Cc1onc(-c2ccccc2)c1-c1[nH]c2ccccc2c1CCN1CCOCC1. The van der Waals surface area contributed by atoms with E-state index >= 15 is 0 Å². The van der Waals surface area contributed by atoms with Crippen LogP contribution in [0, 0.1) is 6.92 Å². The van der Waals surface area contributed by atoms with E-state index in [2.05, 4.69) is 51.4 Å². The molecule has 2 aromatic carbocycles. The van der Waals surface area contributed by atoms with E-state index in [0.29, 0.717) is 0 Å². The molecule has 0 radical (unpaired) electrons. The van der Waals surface area contributed by atoms with E-state index in [1.54, 1.807) is 0 Å². The number of benzene rings is 2. The van der Waals surface area contributed by atoms with E-state index in [0.717, 1.165) is 73.1 Å². The number of nitrogens with zero attached hydrogens (tertiary/aromatic N) is 2. The molecule has 1 N–H and O–H groups in total. The summed E-state index contributed by atoms with van der Waals surface area (Å²) in [5.74, 6) is 0.836. The number of hydrogen-bond donors (Lipinski definition) is 1. The quantitative estimate of drug-likeness (QED) is 0.541. The molecule has 148 valence electrons. The maximum Gasteiger partial charge on any atom is 0.143 e. The Balaban J connectivity index is 1.59. The van der Waals surface area contributed by atoms with Gasteiger partial charge in [-0.25, -0.2) is 0 Å². The molecule has 0 unspecified atom stereocenters. The van der Waals surface area contributed by atoms with Gasteiger partial charge < -0.3 is 14.2 Å². The van der Waals surface area contributed by atoms with Crippen molar-refractivity contribution >= 4 is 10.9 Å². The van der Waals surface area contributed by atoms with Crippen LogP contribution in [-0.4, -0.2) is 47.9 Å². The highest BCUT2D eigenvalue weighted by Crippen LogP contribution is 2.38. The lowest BCUT2D eigenvalue weighted by atomic mass is 9.98. The van der Waals surface area contributed by atoms with Crippen LogP contribution in [-0.2, 0) is 11.2 Å². The Bertz CT molecular complexity index is 1110. The minimum Gasteiger partial charge on any atom is -0.379 e. The van der Waals surface area contributed by atoms with Crippen molar-refractivity contribution in [2.45, 2.75) is 13.3 Å². The van der Waals surface area contributed by atoms with Gasteiger partial charge in [-0.3, -0.25) is 4.90 Å². The van der Waals surface area contributed by atoms with E-state index < -0.39 is 0 Å². The fourth-order valence-corrected chi connectivity index (χ4v) is 4.23. The average molecular weight is 387 g/mol. The molecule has 1 aliphatic heterocycles. The summed E-state index contributed by atoms with van der Waals surface area (Å²) in [6, 6.07) is 18.8. The van der Waals surface area contributed by atoms with Crippen LogP contribution in [0.1, 0.15) is 11.3 Å². The third-order valence-electron chi connectivity index (χ3n) is 5.76. The first kappa shape index (κ1) is 18.2. The smallest absolute Gasteiger partial charge is 0.143 e. The van der Waals surface area contributed by atoms with Crippen molar-refractivity contribution < 1.29 is 9.26 Å². The second-order valence-electron chi connectivity index (χ2n) is 7.56.